The molecule has 21 heavy (non-hydrogen) atoms. The summed E-state index contributed by atoms with van der Waals surface area (Å²) < 4.78 is 1.14. The summed E-state index contributed by atoms with van der Waals surface area (Å²) in [6, 6.07) is 8.01. The highest BCUT2D eigenvalue weighted by atomic mass is 32.1. The molecule has 1 heterocycles. The van der Waals surface area contributed by atoms with Gasteiger partial charge in [0.15, 0.2) is 0 Å². The Kier molecular flexibility index (Phi) is 4.29. The van der Waals surface area contributed by atoms with E-state index in [2.05, 4.69) is 15.5 Å². The molecule has 0 radical (unpaired) electrons. The predicted octanol–water partition coefficient (Wildman–Crippen LogP) is 3.72. The summed E-state index contributed by atoms with van der Waals surface area (Å²) in [5, 5.41) is 5.09. The highest BCUT2D eigenvalue weighted by molar-refractivity contribution is 7.20. The van der Waals surface area contributed by atoms with Crippen molar-refractivity contribution in [2.45, 2.75) is 39.0 Å². The molecule has 110 valence electrons. The first-order valence-corrected chi connectivity index (χ1v) is 8.26. The first kappa shape index (κ1) is 14.2. The van der Waals surface area contributed by atoms with Crippen molar-refractivity contribution >= 4 is 33.2 Å². The summed E-state index contributed by atoms with van der Waals surface area (Å²) in [6.07, 6.45) is 5.53. The second-order valence-electron chi connectivity index (χ2n) is 5.49. The van der Waals surface area contributed by atoms with E-state index in [1.165, 1.54) is 6.42 Å². The molecule has 1 saturated carbocycles. The van der Waals surface area contributed by atoms with Gasteiger partial charge in [-0.25, -0.2) is 10.4 Å². The number of benzene rings is 1. The van der Waals surface area contributed by atoms with Gasteiger partial charge in [-0.2, -0.15) is 5.10 Å². The predicted molar refractivity (Wildman–Crippen MR) is 86.5 cm³/mol. The second-order valence-corrected chi connectivity index (χ2v) is 6.53. The Morgan fingerprint density at radius 3 is 2.81 bits per heavy atom. The summed E-state index contributed by atoms with van der Waals surface area (Å²) in [5.41, 5.74) is 4.45. The zero-order valence-electron chi connectivity index (χ0n) is 12.1. The maximum Gasteiger partial charge on any atom is 0.243 e. The number of para-hydroxylation sites is 1. The summed E-state index contributed by atoms with van der Waals surface area (Å²) in [5.74, 6) is 0.181. The van der Waals surface area contributed by atoms with Crippen LogP contribution in [-0.4, -0.2) is 16.6 Å². The van der Waals surface area contributed by atoms with E-state index in [0.29, 0.717) is 0 Å². The number of hydrogen-bond donors (Lipinski definition) is 1. The quantitative estimate of drug-likeness (QED) is 0.694. The lowest BCUT2D eigenvalue weighted by molar-refractivity contribution is -0.125. The van der Waals surface area contributed by atoms with Crippen molar-refractivity contribution in [1.29, 1.82) is 0 Å². The van der Waals surface area contributed by atoms with Crippen LogP contribution in [0.5, 0.6) is 0 Å². The number of fused-ring (bicyclic) bond motifs is 1. The van der Waals surface area contributed by atoms with E-state index in [0.717, 1.165) is 46.6 Å². The fraction of sp³-hybridized carbons (Fsp3) is 0.438. The molecule has 0 bridgehead atoms. The van der Waals surface area contributed by atoms with E-state index in [-0.39, 0.29) is 11.8 Å². The smallest absolute Gasteiger partial charge is 0.243 e. The zero-order chi connectivity index (χ0) is 14.7. The minimum absolute atomic E-state index is 0.0511. The number of nitrogens with zero attached hydrogens (tertiary/aromatic N) is 2. The normalized spacial score (nSPS) is 17.1. The maximum absolute atomic E-state index is 12.1. The number of carbonyl (C=O) groups excluding carboxylic acids is 1. The number of hydrazone groups is 1. The largest absolute Gasteiger partial charge is 0.273 e. The van der Waals surface area contributed by atoms with Gasteiger partial charge in [-0.05, 0) is 31.9 Å². The number of carbonyl (C=O) groups is 1. The molecule has 2 aromatic rings. The van der Waals surface area contributed by atoms with Crippen molar-refractivity contribution in [3.63, 3.8) is 0 Å². The second kappa shape index (κ2) is 6.35. The van der Waals surface area contributed by atoms with Crippen LogP contribution in [0.15, 0.2) is 29.4 Å². The Balaban J connectivity index is 1.68. The monoisotopic (exact) mass is 301 g/mol. The van der Waals surface area contributed by atoms with Gasteiger partial charge in [-0.1, -0.05) is 31.4 Å². The van der Waals surface area contributed by atoms with Gasteiger partial charge < -0.3 is 0 Å². The van der Waals surface area contributed by atoms with E-state index >= 15 is 0 Å². The van der Waals surface area contributed by atoms with Crippen LogP contribution < -0.4 is 5.43 Å². The molecular formula is C16H19N3OS. The van der Waals surface area contributed by atoms with Gasteiger partial charge in [0, 0.05) is 5.92 Å². The Bertz CT molecular complexity index is 638. The van der Waals surface area contributed by atoms with Crippen LogP contribution in [0.25, 0.3) is 10.2 Å². The highest BCUT2D eigenvalue weighted by Gasteiger charge is 2.20. The first-order valence-electron chi connectivity index (χ1n) is 7.44. The van der Waals surface area contributed by atoms with Crippen LogP contribution in [0.1, 0.15) is 44.0 Å². The van der Waals surface area contributed by atoms with Crippen LogP contribution >= 0.6 is 11.3 Å². The SMILES string of the molecule is C/C(=N/NC(=O)C1CCCCC1)c1nc2ccccc2s1. The Morgan fingerprint density at radius 2 is 2.05 bits per heavy atom. The van der Waals surface area contributed by atoms with Crippen molar-refractivity contribution in [1.82, 2.24) is 10.4 Å². The van der Waals surface area contributed by atoms with Gasteiger partial charge in [0.05, 0.1) is 15.9 Å². The number of nitrogens with one attached hydrogen (secondary N) is 1. The molecule has 3 rings (SSSR count). The van der Waals surface area contributed by atoms with Crippen molar-refractivity contribution < 1.29 is 4.79 Å². The van der Waals surface area contributed by atoms with Gasteiger partial charge in [-0.3, -0.25) is 4.79 Å². The van der Waals surface area contributed by atoms with Crippen molar-refractivity contribution in [3.05, 3.63) is 29.3 Å². The maximum atomic E-state index is 12.1. The van der Waals surface area contributed by atoms with Crippen LogP contribution in [0.2, 0.25) is 0 Å². The molecule has 0 unspecified atom stereocenters. The Morgan fingerprint density at radius 1 is 1.29 bits per heavy atom. The fourth-order valence-corrected chi connectivity index (χ4v) is 3.58. The summed E-state index contributed by atoms with van der Waals surface area (Å²) in [4.78, 5) is 16.6. The molecular weight excluding hydrogens is 282 g/mol. The third kappa shape index (κ3) is 3.29. The minimum Gasteiger partial charge on any atom is -0.273 e. The zero-order valence-corrected chi connectivity index (χ0v) is 12.9. The Labute approximate surface area is 128 Å². The molecule has 0 atom stereocenters. The van der Waals surface area contributed by atoms with Gasteiger partial charge in [0.1, 0.15) is 5.01 Å². The molecule has 1 aromatic heterocycles. The van der Waals surface area contributed by atoms with Crippen molar-refractivity contribution in [2.75, 3.05) is 0 Å². The average Bonchev–Trinajstić information content (AvgIpc) is 2.97. The lowest BCUT2D eigenvalue weighted by Gasteiger charge is -2.19. The molecule has 5 heteroatoms. The van der Waals surface area contributed by atoms with Crippen LogP contribution in [0, 0.1) is 5.92 Å². The summed E-state index contributed by atoms with van der Waals surface area (Å²) >= 11 is 1.60. The molecule has 4 nitrogen and oxygen atoms in total. The summed E-state index contributed by atoms with van der Waals surface area (Å²) in [6.45, 7) is 1.89. The molecule has 1 N–H and O–H groups in total. The average molecular weight is 301 g/mol. The van der Waals surface area contributed by atoms with Gasteiger partial charge >= 0.3 is 0 Å². The molecule has 1 fully saturated rings. The number of thiazole rings is 1. The van der Waals surface area contributed by atoms with Crippen LogP contribution in [0.3, 0.4) is 0 Å². The molecule has 0 aliphatic heterocycles. The van der Waals surface area contributed by atoms with Crippen LogP contribution in [0.4, 0.5) is 0 Å². The number of aromatic nitrogens is 1. The molecule has 1 aliphatic rings. The first-order chi connectivity index (χ1) is 10.2. The third-order valence-electron chi connectivity index (χ3n) is 3.91. The van der Waals surface area contributed by atoms with Crippen molar-refractivity contribution in [2.24, 2.45) is 11.0 Å². The minimum atomic E-state index is 0.0511. The molecule has 1 aromatic carbocycles. The standard InChI is InChI=1S/C16H19N3OS/c1-11(16-17-13-9-5-6-10-14(13)21-16)18-19-15(20)12-7-3-2-4-8-12/h5-6,9-10,12H,2-4,7-8H2,1H3,(H,19,20)/b18-11-. The molecule has 0 spiro atoms. The van der Waals surface area contributed by atoms with E-state index in [4.69, 9.17) is 0 Å². The Hall–Kier alpha value is -1.75. The molecule has 1 aliphatic carbocycles. The van der Waals surface area contributed by atoms with E-state index in [9.17, 15) is 4.79 Å². The molecule has 0 saturated heterocycles. The topological polar surface area (TPSA) is 54.4 Å². The number of rotatable bonds is 3. The molecule has 1 amide bonds. The van der Waals surface area contributed by atoms with E-state index in [1.54, 1.807) is 11.3 Å². The fourth-order valence-electron chi connectivity index (χ4n) is 2.67. The van der Waals surface area contributed by atoms with Gasteiger partial charge in [0.2, 0.25) is 5.91 Å². The van der Waals surface area contributed by atoms with Crippen LogP contribution in [-0.2, 0) is 4.79 Å². The van der Waals surface area contributed by atoms with Gasteiger partial charge in [-0.15, -0.1) is 11.3 Å². The van der Waals surface area contributed by atoms with Crippen molar-refractivity contribution in [3.8, 4) is 0 Å². The van der Waals surface area contributed by atoms with Gasteiger partial charge in [0.25, 0.3) is 0 Å². The summed E-state index contributed by atoms with van der Waals surface area (Å²) in [7, 11) is 0. The lowest BCUT2D eigenvalue weighted by atomic mass is 9.89. The van der Waals surface area contributed by atoms with E-state index < -0.39 is 0 Å². The number of amides is 1. The highest BCUT2D eigenvalue weighted by Crippen LogP contribution is 2.24. The van der Waals surface area contributed by atoms with E-state index in [1.807, 2.05) is 31.2 Å². The number of hydrogen-bond acceptors (Lipinski definition) is 4. The lowest BCUT2D eigenvalue weighted by Crippen LogP contribution is -2.29. The third-order valence-corrected chi connectivity index (χ3v) is 5.06.